The summed E-state index contributed by atoms with van der Waals surface area (Å²) in [6.45, 7) is 5.42. The normalized spacial score (nSPS) is 25.8. The second-order valence-corrected chi connectivity index (χ2v) is 12.4. The van der Waals surface area contributed by atoms with Crippen LogP contribution >= 0.6 is 22.9 Å². The minimum atomic E-state index is -2.58. The predicted molar refractivity (Wildman–Crippen MR) is 121 cm³/mol. The lowest BCUT2D eigenvalue weighted by Crippen LogP contribution is -2.54. The number of aliphatic imine (C=N–C) groups is 1. The molecular weight excluding hydrogens is 447 g/mol. The number of aromatic nitrogens is 2. The maximum atomic E-state index is 14.3. The number of thiophene rings is 1. The van der Waals surface area contributed by atoms with Gasteiger partial charge in [-0.3, -0.25) is 9.20 Å². The van der Waals surface area contributed by atoms with Crippen LogP contribution in [0.5, 0.6) is 0 Å². The molecule has 0 saturated heterocycles. The van der Waals surface area contributed by atoms with Crippen molar-refractivity contribution < 1.29 is 13.0 Å². The van der Waals surface area contributed by atoms with Gasteiger partial charge in [0.05, 0.1) is 14.6 Å². The molecule has 3 heterocycles. The Morgan fingerprint density at radius 3 is 2.60 bits per heavy atom. The molecule has 0 saturated carbocycles. The summed E-state index contributed by atoms with van der Waals surface area (Å²) in [6.07, 6.45) is 1.18. The SMILES string of the molecule is C=S1(=O)C[C@@](C)(c2sc(-c3cc(F)cc(-c4nnco4)c3)cc2Cl)N=C(N)C1(C)C. The molecule has 0 amide bonds. The Morgan fingerprint density at radius 1 is 1.27 bits per heavy atom. The first-order chi connectivity index (χ1) is 13.9. The molecule has 1 aromatic carbocycles. The first-order valence-electron chi connectivity index (χ1n) is 9.00. The summed E-state index contributed by atoms with van der Waals surface area (Å²) < 4.78 is 31.9. The number of amidine groups is 1. The molecular formula is C20H20ClFN4O2S2. The highest BCUT2D eigenvalue weighted by molar-refractivity contribution is 8.02. The number of hydrogen-bond donors (Lipinski definition) is 1. The van der Waals surface area contributed by atoms with Crippen LogP contribution in [0.25, 0.3) is 21.9 Å². The van der Waals surface area contributed by atoms with E-state index in [1.54, 1.807) is 26.0 Å². The van der Waals surface area contributed by atoms with Gasteiger partial charge in [0, 0.05) is 16.2 Å². The smallest absolute Gasteiger partial charge is 0.247 e. The fraction of sp³-hybridized carbons (Fsp3) is 0.300. The van der Waals surface area contributed by atoms with Gasteiger partial charge < -0.3 is 10.2 Å². The van der Waals surface area contributed by atoms with Crippen LogP contribution in [0.1, 0.15) is 25.6 Å². The summed E-state index contributed by atoms with van der Waals surface area (Å²) in [5, 5.41) is 7.92. The third kappa shape index (κ3) is 3.34. The van der Waals surface area contributed by atoms with Crippen LogP contribution in [-0.2, 0) is 15.1 Å². The van der Waals surface area contributed by atoms with Crippen molar-refractivity contribution in [3.05, 3.63) is 46.4 Å². The molecule has 0 bridgehead atoms. The zero-order valence-corrected chi connectivity index (χ0v) is 19.0. The average molecular weight is 467 g/mol. The van der Waals surface area contributed by atoms with E-state index in [4.69, 9.17) is 21.8 Å². The summed E-state index contributed by atoms with van der Waals surface area (Å²) in [6, 6.07) is 6.22. The molecule has 30 heavy (non-hydrogen) atoms. The minimum absolute atomic E-state index is 0.212. The molecule has 3 aromatic rings. The highest BCUT2D eigenvalue weighted by atomic mass is 35.5. The fourth-order valence-corrected chi connectivity index (χ4v) is 7.02. The van der Waals surface area contributed by atoms with E-state index in [1.807, 2.05) is 6.92 Å². The molecule has 1 aliphatic rings. The van der Waals surface area contributed by atoms with Crippen molar-refractivity contribution in [2.75, 3.05) is 5.75 Å². The lowest BCUT2D eigenvalue weighted by atomic mass is 10.0. The summed E-state index contributed by atoms with van der Waals surface area (Å²) in [5.74, 6) is 4.22. The molecule has 2 N–H and O–H groups in total. The Labute approximate surface area is 183 Å². The van der Waals surface area contributed by atoms with Crippen LogP contribution in [0.4, 0.5) is 4.39 Å². The van der Waals surface area contributed by atoms with Crippen LogP contribution < -0.4 is 5.73 Å². The molecule has 0 spiro atoms. The molecule has 1 unspecified atom stereocenters. The second kappa shape index (κ2) is 6.90. The maximum absolute atomic E-state index is 14.3. The number of rotatable bonds is 3. The predicted octanol–water partition coefficient (Wildman–Crippen LogP) is 4.34. The molecule has 10 heteroatoms. The molecule has 0 aliphatic carbocycles. The Kier molecular flexibility index (Phi) is 4.83. The third-order valence-electron chi connectivity index (χ3n) is 5.39. The van der Waals surface area contributed by atoms with Gasteiger partial charge in [-0.1, -0.05) is 11.6 Å². The molecule has 2 aromatic heterocycles. The topological polar surface area (TPSA) is 94.4 Å². The van der Waals surface area contributed by atoms with Crippen molar-refractivity contribution in [1.82, 2.24) is 10.2 Å². The van der Waals surface area contributed by atoms with Crippen molar-refractivity contribution in [3.8, 4) is 21.9 Å². The number of benzene rings is 1. The van der Waals surface area contributed by atoms with E-state index in [2.05, 4.69) is 21.1 Å². The van der Waals surface area contributed by atoms with Gasteiger partial charge in [-0.2, -0.15) is 0 Å². The Balaban J connectivity index is 1.81. The van der Waals surface area contributed by atoms with Gasteiger partial charge in [-0.05, 0) is 66.0 Å². The van der Waals surface area contributed by atoms with Crippen LogP contribution in [0.3, 0.4) is 0 Å². The van der Waals surface area contributed by atoms with Gasteiger partial charge in [-0.15, -0.1) is 21.5 Å². The van der Waals surface area contributed by atoms with Crippen molar-refractivity contribution in [1.29, 1.82) is 0 Å². The van der Waals surface area contributed by atoms with E-state index in [0.717, 1.165) is 4.88 Å². The highest BCUT2D eigenvalue weighted by Crippen LogP contribution is 2.46. The van der Waals surface area contributed by atoms with E-state index in [0.29, 0.717) is 21.0 Å². The van der Waals surface area contributed by atoms with Crippen molar-refractivity contribution in [3.63, 3.8) is 0 Å². The standard InChI is InChI=1S/C20H20ClFN4O2S2/c1-19(2)18(23)25-20(3,9-30(19,4)27)16-14(21)8-15(29-16)11-5-12(7-13(22)6-11)17-26-24-10-28-17/h5-8,10H,4,9H2,1-3H3,(H2,23,25)/t20-,30?/m0/s1. The van der Waals surface area contributed by atoms with Crippen LogP contribution in [0.2, 0.25) is 5.02 Å². The monoisotopic (exact) mass is 466 g/mol. The highest BCUT2D eigenvalue weighted by Gasteiger charge is 2.46. The van der Waals surface area contributed by atoms with E-state index in [9.17, 15) is 8.60 Å². The lowest BCUT2D eigenvalue weighted by molar-refractivity contribution is 0.543. The van der Waals surface area contributed by atoms with E-state index in [-0.39, 0.29) is 17.5 Å². The first kappa shape index (κ1) is 21.0. The molecule has 2 atom stereocenters. The largest absolute Gasteiger partial charge is 0.423 e. The Bertz CT molecular complexity index is 1270. The summed E-state index contributed by atoms with van der Waals surface area (Å²) in [5.41, 5.74) is 6.36. The number of halogens is 2. The van der Waals surface area contributed by atoms with Gasteiger partial charge >= 0.3 is 0 Å². The molecule has 158 valence electrons. The van der Waals surface area contributed by atoms with Crippen LogP contribution in [-0.4, -0.2) is 36.6 Å². The summed E-state index contributed by atoms with van der Waals surface area (Å²) in [7, 11) is -2.58. The summed E-state index contributed by atoms with van der Waals surface area (Å²) >= 11 is 7.92. The van der Waals surface area contributed by atoms with E-state index in [1.165, 1.54) is 29.9 Å². The van der Waals surface area contributed by atoms with Crippen LogP contribution in [0.15, 0.2) is 40.1 Å². The lowest BCUT2D eigenvalue weighted by Gasteiger charge is -2.40. The Hall–Kier alpha value is -2.23. The second-order valence-electron chi connectivity index (χ2n) is 8.00. The van der Waals surface area contributed by atoms with Crippen LogP contribution in [0, 0.1) is 5.82 Å². The first-order valence-corrected chi connectivity index (χ1v) is 12.1. The number of hydrogen-bond acceptors (Lipinski definition) is 7. The maximum Gasteiger partial charge on any atom is 0.247 e. The quantitative estimate of drug-likeness (QED) is 0.579. The van der Waals surface area contributed by atoms with Gasteiger partial charge in [0.1, 0.15) is 17.2 Å². The minimum Gasteiger partial charge on any atom is -0.423 e. The molecule has 1 aliphatic heterocycles. The molecule has 6 nitrogen and oxygen atoms in total. The van der Waals surface area contributed by atoms with E-state index >= 15 is 0 Å². The van der Waals surface area contributed by atoms with Gasteiger partial charge in [0.2, 0.25) is 12.3 Å². The average Bonchev–Trinajstić information content (AvgIpc) is 3.29. The van der Waals surface area contributed by atoms with Gasteiger partial charge in [0.25, 0.3) is 0 Å². The Morgan fingerprint density at radius 2 is 1.97 bits per heavy atom. The molecule has 0 radical (unpaired) electrons. The molecule has 0 fully saturated rings. The summed E-state index contributed by atoms with van der Waals surface area (Å²) in [4.78, 5) is 6.10. The fourth-order valence-electron chi connectivity index (χ4n) is 3.41. The zero-order valence-electron chi connectivity index (χ0n) is 16.6. The third-order valence-corrected chi connectivity index (χ3v) is 10.3. The van der Waals surface area contributed by atoms with E-state index < -0.39 is 25.6 Å². The van der Waals surface area contributed by atoms with Crippen molar-refractivity contribution >= 4 is 44.2 Å². The van der Waals surface area contributed by atoms with Gasteiger partial charge in [0.15, 0.2) is 0 Å². The number of nitrogens with zero attached hydrogens (tertiary/aromatic N) is 3. The number of nitrogens with two attached hydrogens (primary N) is 1. The van der Waals surface area contributed by atoms with Crippen molar-refractivity contribution in [2.45, 2.75) is 31.1 Å². The van der Waals surface area contributed by atoms with Crippen molar-refractivity contribution in [2.24, 2.45) is 10.7 Å². The van der Waals surface area contributed by atoms with Gasteiger partial charge in [-0.25, -0.2) is 4.39 Å². The zero-order chi connectivity index (χ0) is 21.9. The molecule has 4 rings (SSSR count).